The van der Waals surface area contributed by atoms with Gasteiger partial charge < -0.3 is 20.5 Å². The third kappa shape index (κ3) is 4.20. The number of nitrogens with two attached hydrogens (primary N) is 1. The second-order valence-corrected chi connectivity index (χ2v) is 8.11. The fourth-order valence-electron chi connectivity index (χ4n) is 3.87. The summed E-state index contributed by atoms with van der Waals surface area (Å²) in [5.41, 5.74) is 8.16. The lowest BCUT2D eigenvalue weighted by atomic mass is 9.96. The summed E-state index contributed by atoms with van der Waals surface area (Å²) >= 11 is 6.00. The Labute approximate surface area is 190 Å². The number of ether oxygens (including phenoxy) is 1. The van der Waals surface area contributed by atoms with Crippen LogP contribution in [0.5, 0.6) is 11.5 Å². The number of anilines is 1. The zero-order valence-electron chi connectivity index (χ0n) is 17.5. The number of phenols is 1. The molecule has 2 aromatic carbocycles. The SMILES string of the molecule is COc1cc(N2CCC(N)CC2)nc(-c2ccc(C#N)c(F)c2)c1-c1ccc(Cl)c(O)c1. The van der Waals surface area contributed by atoms with Crippen molar-refractivity contribution in [1.82, 2.24) is 4.98 Å². The van der Waals surface area contributed by atoms with E-state index in [4.69, 9.17) is 32.3 Å². The molecule has 4 rings (SSSR count). The second kappa shape index (κ2) is 9.03. The monoisotopic (exact) mass is 452 g/mol. The summed E-state index contributed by atoms with van der Waals surface area (Å²) in [4.78, 5) is 6.99. The Morgan fingerprint density at radius 1 is 1.19 bits per heavy atom. The number of hydrogen-bond donors (Lipinski definition) is 2. The number of nitriles is 1. The van der Waals surface area contributed by atoms with Crippen molar-refractivity contribution < 1.29 is 14.2 Å². The molecule has 1 aliphatic heterocycles. The van der Waals surface area contributed by atoms with Crippen molar-refractivity contribution >= 4 is 17.4 Å². The number of aromatic nitrogens is 1. The number of hydrogen-bond acceptors (Lipinski definition) is 6. The molecule has 1 saturated heterocycles. The molecule has 0 atom stereocenters. The van der Waals surface area contributed by atoms with Gasteiger partial charge in [-0.05, 0) is 42.7 Å². The molecule has 0 saturated carbocycles. The lowest BCUT2D eigenvalue weighted by Gasteiger charge is -2.32. The summed E-state index contributed by atoms with van der Waals surface area (Å²) in [6.45, 7) is 1.50. The van der Waals surface area contributed by atoms with Gasteiger partial charge in [-0.15, -0.1) is 0 Å². The van der Waals surface area contributed by atoms with E-state index in [0.29, 0.717) is 34.0 Å². The number of phenolic OH excluding ortho intramolecular Hbond substituents is 1. The quantitative estimate of drug-likeness (QED) is 0.594. The molecule has 0 unspecified atom stereocenters. The number of nitrogens with zero attached hydrogens (tertiary/aromatic N) is 3. The predicted molar refractivity (Wildman–Crippen MR) is 122 cm³/mol. The van der Waals surface area contributed by atoms with Gasteiger partial charge in [0.05, 0.1) is 29.0 Å². The highest BCUT2D eigenvalue weighted by atomic mass is 35.5. The van der Waals surface area contributed by atoms with Crippen LogP contribution in [0.3, 0.4) is 0 Å². The van der Waals surface area contributed by atoms with Crippen molar-refractivity contribution in [2.45, 2.75) is 18.9 Å². The third-order valence-corrected chi connectivity index (χ3v) is 5.97. The first-order valence-corrected chi connectivity index (χ1v) is 10.6. The van der Waals surface area contributed by atoms with Crippen LogP contribution in [0.15, 0.2) is 42.5 Å². The van der Waals surface area contributed by atoms with Crippen LogP contribution >= 0.6 is 11.6 Å². The average Bonchev–Trinajstić information content (AvgIpc) is 2.80. The van der Waals surface area contributed by atoms with Crippen LogP contribution in [-0.2, 0) is 0 Å². The van der Waals surface area contributed by atoms with E-state index in [0.717, 1.165) is 25.9 Å². The van der Waals surface area contributed by atoms with E-state index in [1.165, 1.54) is 18.2 Å². The van der Waals surface area contributed by atoms with Crippen molar-refractivity contribution in [2.75, 3.05) is 25.1 Å². The van der Waals surface area contributed by atoms with E-state index in [1.54, 1.807) is 25.3 Å². The van der Waals surface area contributed by atoms with Gasteiger partial charge in [0.25, 0.3) is 0 Å². The largest absolute Gasteiger partial charge is 0.506 e. The van der Waals surface area contributed by atoms with Gasteiger partial charge in [0.15, 0.2) is 0 Å². The van der Waals surface area contributed by atoms with Gasteiger partial charge in [0.2, 0.25) is 0 Å². The van der Waals surface area contributed by atoms with E-state index in [9.17, 15) is 9.50 Å². The Kier molecular flexibility index (Phi) is 6.17. The highest BCUT2D eigenvalue weighted by Crippen LogP contribution is 2.42. The summed E-state index contributed by atoms with van der Waals surface area (Å²) in [6, 6.07) is 13.0. The molecule has 0 radical (unpaired) electrons. The predicted octanol–water partition coefficient (Wildman–Crippen LogP) is 4.72. The van der Waals surface area contributed by atoms with E-state index in [1.807, 2.05) is 12.1 Å². The molecule has 164 valence electrons. The number of aromatic hydroxyl groups is 1. The Hall–Kier alpha value is -3.34. The van der Waals surface area contributed by atoms with Gasteiger partial charge in [0, 0.05) is 30.8 Å². The highest BCUT2D eigenvalue weighted by molar-refractivity contribution is 6.32. The van der Waals surface area contributed by atoms with E-state index in [2.05, 4.69) is 4.90 Å². The molecule has 3 N–H and O–H groups in total. The van der Waals surface area contributed by atoms with Gasteiger partial charge in [-0.2, -0.15) is 5.26 Å². The molecule has 6 nitrogen and oxygen atoms in total. The number of rotatable bonds is 4. The topological polar surface area (TPSA) is 95.4 Å². The van der Waals surface area contributed by atoms with Crippen molar-refractivity contribution in [3.8, 4) is 40.0 Å². The maximum Gasteiger partial charge on any atom is 0.141 e. The van der Waals surface area contributed by atoms with Crippen LogP contribution in [0.2, 0.25) is 5.02 Å². The standard InChI is InChI=1S/C24H22ClFN4O2/c1-32-21-12-22(30-8-6-17(28)7-9-30)29-24(15-2-3-16(13-27)19(26)10-15)23(21)14-4-5-18(25)20(31)11-14/h2-5,10-12,17,31H,6-9,28H2,1H3. The molecule has 1 aromatic heterocycles. The minimum absolute atomic E-state index is 0.0485. The van der Waals surface area contributed by atoms with Crippen LogP contribution in [0, 0.1) is 17.1 Å². The maximum atomic E-state index is 14.5. The number of methoxy groups -OCH3 is 1. The summed E-state index contributed by atoms with van der Waals surface area (Å²) in [5.74, 6) is 0.490. The maximum absolute atomic E-state index is 14.5. The van der Waals surface area contributed by atoms with Crippen LogP contribution in [-0.4, -0.2) is 36.3 Å². The minimum atomic E-state index is -0.634. The zero-order chi connectivity index (χ0) is 22.8. The third-order valence-electron chi connectivity index (χ3n) is 5.65. The summed E-state index contributed by atoms with van der Waals surface area (Å²) < 4.78 is 20.2. The average molecular weight is 453 g/mol. The van der Waals surface area contributed by atoms with Crippen molar-refractivity contribution in [3.63, 3.8) is 0 Å². The summed E-state index contributed by atoms with van der Waals surface area (Å²) in [7, 11) is 1.55. The summed E-state index contributed by atoms with van der Waals surface area (Å²) in [6.07, 6.45) is 1.69. The molecular formula is C24H22ClFN4O2. The van der Waals surface area contributed by atoms with Gasteiger partial charge in [-0.3, -0.25) is 0 Å². The van der Waals surface area contributed by atoms with Crippen LogP contribution in [0.1, 0.15) is 18.4 Å². The van der Waals surface area contributed by atoms with Gasteiger partial charge in [-0.1, -0.05) is 23.7 Å². The first kappa shape index (κ1) is 21.9. The molecule has 0 amide bonds. The Morgan fingerprint density at radius 2 is 1.91 bits per heavy atom. The lowest BCUT2D eigenvalue weighted by Crippen LogP contribution is -2.40. The fraction of sp³-hybridized carbons (Fsp3) is 0.250. The van der Waals surface area contributed by atoms with Crippen molar-refractivity contribution in [1.29, 1.82) is 5.26 Å². The Morgan fingerprint density at radius 3 is 2.53 bits per heavy atom. The van der Waals surface area contributed by atoms with Crippen LogP contribution in [0.25, 0.3) is 22.4 Å². The highest BCUT2D eigenvalue weighted by Gasteiger charge is 2.23. The first-order valence-electron chi connectivity index (χ1n) is 10.2. The first-order chi connectivity index (χ1) is 15.4. The number of halogens is 2. The molecular weight excluding hydrogens is 431 g/mol. The number of pyridine rings is 1. The zero-order valence-corrected chi connectivity index (χ0v) is 18.2. The molecule has 0 bridgehead atoms. The smallest absolute Gasteiger partial charge is 0.141 e. The number of piperidine rings is 1. The van der Waals surface area contributed by atoms with Crippen molar-refractivity contribution in [3.05, 3.63) is 58.9 Å². The van der Waals surface area contributed by atoms with Crippen LogP contribution in [0.4, 0.5) is 10.2 Å². The van der Waals surface area contributed by atoms with E-state index in [-0.39, 0.29) is 22.4 Å². The molecule has 32 heavy (non-hydrogen) atoms. The molecule has 8 heteroatoms. The second-order valence-electron chi connectivity index (χ2n) is 7.70. The molecule has 3 aromatic rings. The summed E-state index contributed by atoms with van der Waals surface area (Å²) in [5, 5.41) is 19.5. The van der Waals surface area contributed by atoms with Crippen molar-refractivity contribution in [2.24, 2.45) is 5.73 Å². The van der Waals surface area contributed by atoms with E-state index < -0.39 is 5.82 Å². The normalized spacial score (nSPS) is 14.3. The van der Waals surface area contributed by atoms with Crippen LogP contribution < -0.4 is 15.4 Å². The molecule has 0 aliphatic carbocycles. The minimum Gasteiger partial charge on any atom is -0.506 e. The van der Waals surface area contributed by atoms with Gasteiger partial charge in [0.1, 0.15) is 29.2 Å². The molecule has 2 heterocycles. The lowest BCUT2D eigenvalue weighted by molar-refractivity contribution is 0.415. The Balaban J connectivity index is 1.94. The molecule has 1 aliphatic rings. The fourth-order valence-corrected chi connectivity index (χ4v) is 3.99. The van der Waals surface area contributed by atoms with Gasteiger partial charge in [-0.25, -0.2) is 9.37 Å². The Bertz CT molecular complexity index is 1200. The molecule has 1 fully saturated rings. The van der Waals surface area contributed by atoms with E-state index >= 15 is 0 Å². The van der Waals surface area contributed by atoms with Gasteiger partial charge >= 0.3 is 0 Å². The number of benzene rings is 2. The molecule has 0 spiro atoms.